The molecule has 0 radical (unpaired) electrons. The van der Waals surface area contributed by atoms with Crippen LogP contribution in [0.1, 0.15) is 24.2 Å². The van der Waals surface area contributed by atoms with E-state index in [0.717, 1.165) is 11.1 Å². The van der Waals surface area contributed by atoms with E-state index in [-0.39, 0.29) is 11.7 Å². The van der Waals surface area contributed by atoms with Crippen molar-refractivity contribution in [3.8, 4) is 0 Å². The Hall–Kier alpha value is -2.27. The maximum Gasteiger partial charge on any atom is 0.330 e. The minimum absolute atomic E-state index is 0.175. The minimum atomic E-state index is -0.772. The Balaban J connectivity index is 2.25. The third-order valence-electron chi connectivity index (χ3n) is 3.28. The smallest absolute Gasteiger partial charge is 0.330 e. The van der Waals surface area contributed by atoms with Gasteiger partial charge in [0.2, 0.25) is 5.91 Å². The Kier molecular flexibility index (Phi) is 6.23. The maximum absolute atomic E-state index is 12.4. The second kappa shape index (κ2) is 8.39. The summed E-state index contributed by atoms with van der Waals surface area (Å²) in [5, 5.41) is 2.55. The Labute approximate surface area is 141 Å². The third kappa shape index (κ3) is 4.86. The van der Waals surface area contributed by atoms with Gasteiger partial charge < -0.3 is 10.1 Å². The zero-order valence-electron chi connectivity index (χ0n) is 12.8. The molecule has 0 bridgehead atoms. The monoisotopic (exact) mass is 329 g/mol. The van der Waals surface area contributed by atoms with Gasteiger partial charge in [-0.15, -0.1) is 0 Å². The van der Waals surface area contributed by atoms with Gasteiger partial charge in [0.25, 0.3) is 0 Å². The molecule has 2 rings (SSSR count). The summed E-state index contributed by atoms with van der Waals surface area (Å²) in [5.74, 6) is -0.626. The van der Waals surface area contributed by atoms with Gasteiger partial charge in [0.1, 0.15) is 6.04 Å². The molecule has 1 atom stereocenters. The van der Waals surface area contributed by atoms with Gasteiger partial charge >= 0.3 is 5.97 Å². The Morgan fingerprint density at radius 2 is 1.48 bits per heavy atom. The quantitative estimate of drug-likeness (QED) is 0.633. The second-order valence-corrected chi connectivity index (χ2v) is 5.44. The van der Waals surface area contributed by atoms with E-state index in [1.54, 1.807) is 0 Å². The molecule has 0 spiro atoms. The lowest BCUT2D eigenvalue weighted by Crippen LogP contribution is -2.42. The van der Waals surface area contributed by atoms with Crippen molar-refractivity contribution < 1.29 is 14.3 Å². The summed E-state index contributed by atoms with van der Waals surface area (Å²) in [7, 11) is 0. The summed E-state index contributed by atoms with van der Waals surface area (Å²) < 4.78 is 5.67. The van der Waals surface area contributed by atoms with Gasteiger partial charge in [-0.3, -0.25) is 4.79 Å². The van der Waals surface area contributed by atoms with Crippen LogP contribution >= 0.6 is 12.6 Å². The fraction of sp³-hybridized carbons (Fsp3) is 0.222. The molecule has 0 heterocycles. The number of hydrogen-bond acceptors (Lipinski definition) is 4. The molecular weight excluding hydrogens is 310 g/mol. The number of hydrogen-bond donors (Lipinski definition) is 2. The van der Waals surface area contributed by atoms with E-state index in [2.05, 4.69) is 17.9 Å². The summed E-state index contributed by atoms with van der Waals surface area (Å²) in [5.41, 5.74) is 1.74. The summed E-state index contributed by atoms with van der Waals surface area (Å²) in [4.78, 5) is 23.6. The van der Waals surface area contributed by atoms with Crippen LogP contribution in [0.2, 0.25) is 0 Å². The highest BCUT2D eigenvalue weighted by atomic mass is 32.1. The van der Waals surface area contributed by atoms with Crippen LogP contribution in [-0.2, 0) is 14.3 Å². The van der Waals surface area contributed by atoms with E-state index in [1.165, 1.54) is 6.92 Å². The van der Waals surface area contributed by atoms with Crippen molar-refractivity contribution in [1.82, 2.24) is 5.32 Å². The predicted molar refractivity (Wildman–Crippen MR) is 92.3 cm³/mol. The second-order valence-electron chi connectivity index (χ2n) is 5.07. The molecule has 23 heavy (non-hydrogen) atoms. The highest BCUT2D eigenvalue weighted by Gasteiger charge is 2.25. The number of amides is 1. The Morgan fingerprint density at radius 1 is 1.00 bits per heavy atom. The zero-order valence-corrected chi connectivity index (χ0v) is 13.7. The van der Waals surface area contributed by atoms with Crippen molar-refractivity contribution >= 4 is 24.5 Å². The molecule has 5 heteroatoms. The first-order chi connectivity index (χ1) is 11.1. The van der Waals surface area contributed by atoms with Crippen molar-refractivity contribution in [3.63, 3.8) is 0 Å². The van der Waals surface area contributed by atoms with Crippen molar-refractivity contribution in [2.45, 2.75) is 19.1 Å². The SMILES string of the molecule is CC(=O)N[C@@H](CS)C(=O)OC(c1ccccc1)c1ccccc1. The number of ether oxygens (including phenoxy) is 1. The summed E-state index contributed by atoms with van der Waals surface area (Å²) >= 11 is 4.11. The lowest BCUT2D eigenvalue weighted by Gasteiger charge is -2.22. The number of benzene rings is 2. The fourth-order valence-corrected chi connectivity index (χ4v) is 2.45. The minimum Gasteiger partial charge on any atom is -0.451 e. The van der Waals surface area contributed by atoms with E-state index < -0.39 is 18.1 Å². The van der Waals surface area contributed by atoms with Gasteiger partial charge in [0.05, 0.1) is 0 Å². The summed E-state index contributed by atoms with van der Waals surface area (Å²) in [6, 6.07) is 18.2. The number of esters is 1. The van der Waals surface area contributed by atoms with Crippen LogP contribution in [0.25, 0.3) is 0 Å². The largest absolute Gasteiger partial charge is 0.451 e. The molecule has 0 aliphatic heterocycles. The van der Waals surface area contributed by atoms with Crippen molar-refractivity contribution in [2.75, 3.05) is 5.75 Å². The summed E-state index contributed by atoms with van der Waals surface area (Å²) in [6.07, 6.45) is -0.527. The normalized spacial score (nSPS) is 11.8. The average molecular weight is 329 g/mol. The van der Waals surface area contributed by atoms with E-state index >= 15 is 0 Å². The Bertz CT molecular complexity index is 606. The van der Waals surface area contributed by atoms with Gasteiger partial charge in [-0.1, -0.05) is 60.7 Å². The van der Waals surface area contributed by atoms with Crippen molar-refractivity contribution in [2.24, 2.45) is 0 Å². The molecule has 0 unspecified atom stereocenters. The highest BCUT2D eigenvalue weighted by molar-refractivity contribution is 7.80. The molecule has 0 aromatic heterocycles. The first-order valence-electron chi connectivity index (χ1n) is 7.30. The average Bonchev–Trinajstić information content (AvgIpc) is 2.58. The maximum atomic E-state index is 12.4. The molecule has 0 fully saturated rings. The van der Waals surface area contributed by atoms with Crippen molar-refractivity contribution in [3.05, 3.63) is 71.8 Å². The molecule has 1 amide bonds. The molecule has 2 aromatic rings. The molecular formula is C18H19NO3S. The first kappa shape index (κ1) is 17.1. The van der Waals surface area contributed by atoms with Gasteiger partial charge in [0, 0.05) is 12.7 Å². The number of rotatable bonds is 6. The van der Waals surface area contributed by atoms with Crippen LogP contribution in [0.15, 0.2) is 60.7 Å². The van der Waals surface area contributed by atoms with Crippen LogP contribution in [0, 0.1) is 0 Å². The van der Waals surface area contributed by atoms with Crippen LogP contribution in [-0.4, -0.2) is 23.7 Å². The van der Waals surface area contributed by atoms with Crippen LogP contribution in [0.4, 0.5) is 0 Å². The number of thiol groups is 1. The highest BCUT2D eigenvalue weighted by Crippen LogP contribution is 2.26. The molecule has 0 aliphatic rings. The fourth-order valence-electron chi connectivity index (χ4n) is 2.21. The molecule has 2 aromatic carbocycles. The first-order valence-corrected chi connectivity index (χ1v) is 7.93. The molecule has 120 valence electrons. The summed E-state index contributed by atoms with van der Waals surface area (Å²) in [6.45, 7) is 1.36. The molecule has 0 saturated carbocycles. The lowest BCUT2D eigenvalue weighted by molar-refractivity contribution is -0.150. The zero-order chi connectivity index (χ0) is 16.7. The van der Waals surface area contributed by atoms with E-state index in [9.17, 15) is 9.59 Å². The van der Waals surface area contributed by atoms with Crippen LogP contribution in [0.3, 0.4) is 0 Å². The van der Waals surface area contributed by atoms with E-state index in [0.29, 0.717) is 0 Å². The number of carbonyl (C=O) groups excluding carboxylic acids is 2. The van der Waals surface area contributed by atoms with Gasteiger partial charge in [-0.25, -0.2) is 4.79 Å². The molecule has 1 N–H and O–H groups in total. The predicted octanol–water partition coefficient (Wildman–Crippen LogP) is 2.75. The topological polar surface area (TPSA) is 55.4 Å². The van der Waals surface area contributed by atoms with E-state index in [4.69, 9.17) is 4.74 Å². The lowest BCUT2D eigenvalue weighted by atomic mass is 10.0. The van der Waals surface area contributed by atoms with Crippen LogP contribution in [0.5, 0.6) is 0 Å². The van der Waals surface area contributed by atoms with E-state index in [1.807, 2.05) is 60.7 Å². The van der Waals surface area contributed by atoms with Gasteiger partial charge in [0.15, 0.2) is 6.10 Å². The molecule has 4 nitrogen and oxygen atoms in total. The molecule has 0 aliphatic carbocycles. The standard InChI is InChI=1S/C18H19NO3S/c1-13(20)19-16(12-23)18(21)22-17(14-8-4-2-5-9-14)15-10-6-3-7-11-15/h2-11,16-17,23H,12H2,1H3,(H,19,20)/t16-/m0/s1. The van der Waals surface area contributed by atoms with Crippen LogP contribution < -0.4 is 5.32 Å². The number of nitrogens with one attached hydrogen (secondary N) is 1. The van der Waals surface area contributed by atoms with Gasteiger partial charge in [-0.2, -0.15) is 12.6 Å². The Morgan fingerprint density at radius 3 is 1.87 bits per heavy atom. The molecule has 0 saturated heterocycles. The third-order valence-corrected chi connectivity index (χ3v) is 3.65. The van der Waals surface area contributed by atoms with Crippen molar-refractivity contribution in [1.29, 1.82) is 0 Å². The number of carbonyl (C=O) groups is 2. The van der Waals surface area contributed by atoms with Gasteiger partial charge in [-0.05, 0) is 11.1 Å².